The number of carboxylic acid groups (broad SMARTS) is 1. The van der Waals surface area contributed by atoms with Crippen molar-refractivity contribution in [1.29, 1.82) is 0 Å². The van der Waals surface area contributed by atoms with Gasteiger partial charge in [0.15, 0.2) is 0 Å². The molecular formula is C20H11Cl3F7NO2S. The van der Waals surface area contributed by atoms with E-state index in [0.717, 1.165) is 24.3 Å². The summed E-state index contributed by atoms with van der Waals surface area (Å²) in [5.74, 6) is -5.64. The fraction of sp³-hybridized carbons (Fsp3) is 0.200. The molecule has 0 saturated carbocycles. The molecule has 0 heterocycles. The van der Waals surface area contributed by atoms with Crippen LogP contribution in [0.15, 0.2) is 36.4 Å². The molecular weight excluding hydrogens is 558 g/mol. The van der Waals surface area contributed by atoms with Crippen molar-refractivity contribution in [1.82, 2.24) is 5.32 Å². The summed E-state index contributed by atoms with van der Waals surface area (Å²) < 4.78 is 96.3. The molecule has 34 heavy (non-hydrogen) atoms. The van der Waals surface area contributed by atoms with Crippen LogP contribution >= 0.6 is 47.0 Å². The molecule has 2 aromatic carbocycles. The number of hydrogen-bond acceptors (Lipinski definition) is 2. The number of benzene rings is 2. The second-order valence-electron chi connectivity index (χ2n) is 6.67. The van der Waals surface area contributed by atoms with Crippen molar-refractivity contribution in [2.24, 2.45) is 0 Å². The molecule has 3 nitrogen and oxygen atoms in total. The van der Waals surface area contributed by atoms with E-state index in [0.29, 0.717) is 0 Å². The van der Waals surface area contributed by atoms with Gasteiger partial charge in [-0.15, -0.1) is 0 Å². The number of nitrogens with one attached hydrogen (secondary N) is 1. The van der Waals surface area contributed by atoms with Gasteiger partial charge in [-0.25, -0.2) is 4.39 Å². The van der Waals surface area contributed by atoms with Crippen LogP contribution in [0, 0.1) is 0 Å². The van der Waals surface area contributed by atoms with Crippen molar-refractivity contribution in [3.63, 3.8) is 0 Å². The van der Waals surface area contributed by atoms with Gasteiger partial charge in [0.25, 0.3) is 0 Å². The summed E-state index contributed by atoms with van der Waals surface area (Å²) in [5, 5.41) is 9.82. The van der Waals surface area contributed by atoms with Gasteiger partial charge in [0.05, 0.1) is 20.6 Å². The van der Waals surface area contributed by atoms with Gasteiger partial charge < -0.3 is 10.4 Å². The Morgan fingerprint density at radius 3 is 2.09 bits per heavy atom. The van der Waals surface area contributed by atoms with Crippen molar-refractivity contribution >= 4 is 63.8 Å². The molecule has 0 amide bonds. The molecule has 2 N–H and O–H groups in total. The average Bonchev–Trinajstić information content (AvgIpc) is 2.71. The number of alkyl halides is 6. The van der Waals surface area contributed by atoms with Crippen molar-refractivity contribution in [3.05, 3.63) is 73.7 Å². The third-order valence-electron chi connectivity index (χ3n) is 4.28. The van der Waals surface area contributed by atoms with Crippen LogP contribution in [0.4, 0.5) is 30.7 Å². The van der Waals surface area contributed by atoms with E-state index in [1.54, 1.807) is 0 Å². The molecule has 14 heteroatoms. The van der Waals surface area contributed by atoms with E-state index in [2.05, 4.69) is 5.32 Å². The van der Waals surface area contributed by atoms with Gasteiger partial charge in [-0.1, -0.05) is 59.2 Å². The number of aliphatic carboxylic acids is 1. The lowest BCUT2D eigenvalue weighted by molar-refractivity contribution is -0.140. The smallest absolute Gasteiger partial charge is 0.417 e. The lowest BCUT2D eigenvalue weighted by Crippen LogP contribution is -2.30. The van der Waals surface area contributed by atoms with Crippen LogP contribution in [0.1, 0.15) is 28.2 Å². The topological polar surface area (TPSA) is 49.3 Å². The number of allylic oxidation sites excluding steroid dienone is 1. The van der Waals surface area contributed by atoms with E-state index in [-0.39, 0.29) is 27.2 Å². The van der Waals surface area contributed by atoms with Crippen molar-refractivity contribution in [2.45, 2.75) is 18.3 Å². The third kappa shape index (κ3) is 6.97. The molecule has 2 rings (SSSR count). The normalized spacial score (nSPS) is 13.5. The summed E-state index contributed by atoms with van der Waals surface area (Å²) in [5.41, 5.74) is -3.56. The molecule has 1 unspecified atom stereocenters. The van der Waals surface area contributed by atoms with Crippen molar-refractivity contribution in [2.75, 3.05) is 6.54 Å². The maximum atomic E-state index is 14.8. The lowest BCUT2D eigenvalue weighted by Gasteiger charge is -2.19. The highest BCUT2D eigenvalue weighted by Crippen LogP contribution is 2.42. The molecule has 1 atom stereocenters. The summed E-state index contributed by atoms with van der Waals surface area (Å²) in [6, 6.07) is 3.40. The monoisotopic (exact) mass is 567 g/mol. The first kappa shape index (κ1) is 28.2. The van der Waals surface area contributed by atoms with Crippen LogP contribution in [0.25, 0.3) is 5.83 Å². The molecule has 0 bridgehead atoms. The Kier molecular flexibility index (Phi) is 8.84. The predicted molar refractivity (Wildman–Crippen MR) is 118 cm³/mol. The number of carboxylic acids is 1. The largest absolute Gasteiger partial charge is 0.480 e. The van der Waals surface area contributed by atoms with Gasteiger partial charge in [0, 0.05) is 11.1 Å². The number of halogens is 10. The first-order valence-electron chi connectivity index (χ1n) is 8.82. The van der Waals surface area contributed by atoms with E-state index in [1.165, 1.54) is 0 Å². The fourth-order valence-corrected chi connectivity index (χ4v) is 3.62. The van der Waals surface area contributed by atoms with E-state index in [9.17, 15) is 35.5 Å². The Morgan fingerprint density at radius 1 is 1.06 bits per heavy atom. The highest BCUT2D eigenvalue weighted by atomic mass is 35.5. The number of rotatable bonds is 6. The zero-order valence-electron chi connectivity index (χ0n) is 16.3. The van der Waals surface area contributed by atoms with Gasteiger partial charge >= 0.3 is 18.3 Å². The molecule has 0 fully saturated rings. The molecule has 0 aromatic heterocycles. The Bertz CT molecular complexity index is 1130. The second-order valence-corrected chi connectivity index (χ2v) is 8.27. The minimum atomic E-state index is -5.08. The SMILES string of the molecule is O=C(O)CNC(=S)c1ccc(/C(F)=C/C(c2cc(Cl)c(Cl)c(Cl)c2)C(F)(F)F)cc1C(F)(F)F. The first-order valence-corrected chi connectivity index (χ1v) is 10.4. The summed E-state index contributed by atoms with van der Waals surface area (Å²) in [7, 11) is 0. The average molecular weight is 569 g/mol. The Morgan fingerprint density at radius 2 is 1.62 bits per heavy atom. The zero-order chi connectivity index (χ0) is 26.0. The molecule has 0 aliphatic carbocycles. The van der Waals surface area contributed by atoms with Crippen LogP contribution < -0.4 is 5.32 Å². The fourth-order valence-electron chi connectivity index (χ4n) is 2.75. The third-order valence-corrected chi connectivity index (χ3v) is 5.84. The molecule has 0 saturated heterocycles. The van der Waals surface area contributed by atoms with Gasteiger partial charge in [-0.05, 0) is 29.8 Å². The molecule has 2 aromatic rings. The number of thiocarbonyl (C=S) groups is 1. The van der Waals surface area contributed by atoms with Gasteiger partial charge in [0.1, 0.15) is 23.3 Å². The summed E-state index contributed by atoms with van der Waals surface area (Å²) in [6.07, 6.45) is -10.1. The second kappa shape index (κ2) is 10.7. The molecule has 0 aliphatic heterocycles. The van der Waals surface area contributed by atoms with Crippen LogP contribution in [-0.2, 0) is 11.0 Å². The maximum absolute atomic E-state index is 14.8. The van der Waals surface area contributed by atoms with Gasteiger partial charge in [0.2, 0.25) is 0 Å². The Hall–Kier alpha value is -2.08. The Balaban J connectivity index is 2.57. The molecule has 0 aliphatic rings. The van der Waals surface area contributed by atoms with Crippen LogP contribution in [0.3, 0.4) is 0 Å². The minimum absolute atomic E-state index is 0.0755. The zero-order valence-corrected chi connectivity index (χ0v) is 19.4. The number of hydrogen-bond donors (Lipinski definition) is 2. The molecule has 184 valence electrons. The Labute approximate surface area is 208 Å². The quantitative estimate of drug-likeness (QED) is 0.213. The van der Waals surface area contributed by atoms with E-state index in [1.807, 2.05) is 0 Å². The number of carbonyl (C=O) groups is 1. The van der Waals surface area contributed by atoms with E-state index < -0.39 is 63.9 Å². The molecule has 0 spiro atoms. The maximum Gasteiger partial charge on any atom is 0.417 e. The molecule has 0 radical (unpaired) electrons. The van der Waals surface area contributed by atoms with Crippen LogP contribution in [0.5, 0.6) is 0 Å². The highest BCUT2D eigenvalue weighted by molar-refractivity contribution is 7.80. The van der Waals surface area contributed by atoms with Crippen molar-refractivity contribution in [3.8, 4) is 0 Å². The highest BCUT2D eigenvalue weighted by Gasteiger charge is 2.41. The minimum Gasteiger partial charge on any atom is -0.480 e. The van der Waals surface area contributed by atoms with E-state index in [4.69, 9.17) is 52.1 Å². The standard InChI is InChI=1S/C20H11Cl3F7NO2S/c21-13-4-9(5-14(22)17(13)23)11(19(25,26)27)6-15(24)8-1-2-10(12(3-8)20(28,29)30)18(34)31-7-16(32)33/h1-6,11H,7H2,(H,31,34)(H,32,33)/b15-6-. The van der Waals surface area contributed by atoms with Crippen LogP contribution in [0.2, 0.25) is 15.1 Å². The summed E-state index contributed by atoms with van der Waals surface area (Å²) in [4.78, 5) is 10.0. The van der Waals surface area contributed by atoms with Gasteiger partial charge in [-0.2, -0.15) is 26.3 Å². The predicted octanol–water partition coefficient (Wildman–Crippen LogP) is 7.67. The summed E-state index contributed by atoms with van der Waals surface area (Å²) in [6.45, 7) is -0.786. The van der Waals surface area contributed by atoms with Gasteiger partial charge in [-0.3, -0.25) is 4.79 Å². The summed E-state index contributed by atoms with van der Waals surface area (Å²) >= 11 is 22.0. The van der Waals surface area contributed by atoms with Crippen molar-refractivity contribution < 1.29 is 40.6 Å². The van der Waals surface area contributed by atoms with E-state index >= 15 is 0 Å². The first-order chi connectivity index (χ1) is 15.5. The lowest BCUT2D eigenvalue weighted by atomic mass is 9.95. The van der Waals surface area contributed by atoms with Crippen LogP contribution in [-0.4, -0.2) is 28.8 Å².